The molecule has 3 fully saturated rings. The fourth-order valence-corrected chi connectivity index (χ4v) is 5.38. The van der Waals surface area contributed by atoms with E-state index in [4.69, 9.17) is 16.3 Å². The topological polar surface area (TPSA) is 40.1 Å². The lowest BCUT2D eigenvalue weighted by Crippen LogP contribution is -2.48. The molecule has 29 heavy (non-hydrogen) atoms. The number of hydrogen-bond donors (Lipinski definition) is 1. The lowest BCUT2D eigenvalue weighted by molar-refractivity contribution is 0.0195. The van der Waals surface area contributed by atoms with Crippen molar-refractivity contribution in [3.05, 3.63) is 34.9 Å². The number of likely N-dealkylation sites (tertiary alicyclic amines) is 1. The van der Waals surface area contributed by atoms with E-state index in [1.165, 1.54) is 37.7 Å². The first kappa shape index (κ1) is 23.1. The summed E-state index contributed by atoms with van der Waals surface area (Å²) >= 11 is 6.30. The summed E-state index contributed by atoms with van der Waals surface area (Å²) in [4.78, 5) is 9.63. The number of hydrogen-bond acceptors (Lipinski definition) is 3. The van der Waals surface area contributed by atoms with E-state index in [2.05, 4.69) is 38.3 Å². The normalized spacial score (nSPS) is 25.1. The number of benzene rings is 1. The van der Waals surface area contributed by atoms with Gasteiger partial charge in [-0.05, 0) is 37.0 Å². The van der Waals surface area contributed by atoms with Gasteiger partial charge in [0, 0.05) is 56.3 Å². The van der Waals surface area contributed by atoms with Crippen LogP contribution in [0.15, 0.2) is 29.3 Å². The minimum Gasteiger partial charge on any atom is -0.379 e. The smallest absolute Gasteiger partial charge is 0.193 e. The first-order valence-electron chi connectivity index (χ1n) is 10.7. The third-order valence-electron chi connectivity index (χ3n) is 6.82. The number of nitrogens with one attached hydrogen (secondary N) is 1. The number of halogens is 2. The Labute approximate surface area is 197 Å². The van der Waals surface area contributed by atoms with E-state index >= 15 is 0 Å². The molecule has 2 aliphatic heterocycles. The fraction of sp³-hybridized carbons (Fsp3) is 0.682. The second kappa shape index (κ2) is 10.6. The highest BCUT2D eigenvalue weighted by atomic mass is 127. The molecule has 5 nitrogen and oxygen atoms in total. The quantitative estimate of drug-likeness (QED) is 0.364. The van der Waals surface area contributed by atoms with E-state index in [9.17, 15) is 0 Å². The SMILES string of the molecule is CN=C(NCC1(c2cccc(Cl)c2)CCCC1)N1CCC(N2CCOCC2)C1.I. The van der Waals surface area contributed by atoms with Gasteiger partial charge in [-0.25, -0.2) is 0 Å². The van der Waals surface area contributed by atoms with Gasteiger partial charge < -0.3 is 15.0 Å². The minimum absolute atomic E-state index is 0. The van der Waals surface area contributed by atoms with Crippen molar-refractivity contribution in [3.63, 3.8) is 0 Å². The first-order valence-corrected chi connectivity index (χ1v) is 11.1. The van der Waals surface area contributed by atoms with Gasteiger partial charge in [-0.15, -0.1) is 24.0 Å². The van der Waals surface area contributed by atoms with Gasteiger partial charge in [0.05, 0.1) is 13.2 Å². The summed E-state index contributed by atoms with van der Waals surface area (Å²) in [6.07, 6.45) is 6.22. The lowest BCUT2D eigenvalue weighted by atomic mass is 9.79. The monoisotopic (exact) mass is 532 g/mol. The summed E-state index contributed by atoms with van der Waals surface area (Å²) in [6, 6.07) is 9.07. The molecule has 2 saturated heterocycles. The number of guanidine groups is 1. The fourth-order valence-electron chi connectivity index (χ4n) is 5.19. The Bertz CT molecular complexity index is 689. The maximum Gasteiger partial charge on any atom is 0.193 e. The number of ether oxygens (including phenoxy) is 1. The van der Waals surface area contributed by atoms with Crippen LogP contribution in [0.3, 0.4) is 0 Å². The molecule has 1 aliphatic carbocycles. The van der Waals surface area contributed by atoms with Crippen molar-refractivity contribution < 1.29 is 4.74 Å². The van der Waals surface area contributed by atoms with E-state index in [1.807, 2.05) is 13.1 Å². The Morgan fingerprint density at radius 1 is 1.24 bits per heavy atom. The Morgan fingerprint density at radius 2 is 2.00 bits per heavy atom. The van der Waals surface area contributed by atoms with Crippen LogP contribution in [0.2, 0.25) is 5.02 Å². The molecular weight excluding hydrogens is 499 g/mol. The molecule has 1 aromatic carbocycles. The second-order valence-corrected chi connectivity index (χ2v) is 8.87. The molecule has 0 radical (unpaired) electrons. The van der Waals surface area contributed by atoms with Gasteiger partial charge in [0.25, 0.3) is 0 Å². The number of morpholine rings is 1. The molecule has 7 heteroatoms. The Morgan fingerprint density at radius 3 is 2.69 bits per heavy atom. The van der Waals surface area contributed by atoms with E-state index in [0.29, 0.717) is 6.04 Å². The molecule has 0 aromatic heterocycles. The van der Waals surface area contributed by atoms with Crippen molar-refractivity contribution in [2.75, 3.05) is 53.0 Å². The van der Waals surface area contributed by atoms with Crippen LogP contribution in [-0.2, 0) is 10.2 Å². The third kappa shape index (κ3) is 5.38. The van der Waals surface area contributed by atoms with Crippen molar-refractivity contribution in [3.8, 4) is 0 Å². The van der Waals surface area contributed by atoms with Gasteiger partial charge in [-0.2, -0.15) is 0 Å². The molecule has 2 heterocycles. The summed E-state index contributed by atoms with van der Waals surface area (Å²) in [5.74, 6) is 1.05. The Hall–Kier alpha value is -0.570. The highest BCUT2D eigenvalue weighted by molar-refractivity contribution is 14.0. The maximum absolute atomic E-state index is 6.30. The summed E-state index contributed by atoms with van der Waals surface area (Å²) < 4.78 is 5.51. The molecule has 0 bridgehead atoms. The second-order valence-electron chi connectivity index (χ2n) is 8.44. The molecule has 162 valence electrons. The molecule has 3 aliphatic rings. The molecule has 1 atom stereocenters. The highest BCUT2D eigenvalue weighted by Crippen LogP contribution is 2.41. The van der Waals surface area contributed by atoms with Crippen LogP contribution in [0.4, 0.5) is 0 Å². The molecule has 0 spiro atoms. The van der Waals surface area contributed by atoms with Gasteiger partial charge >= 0.3 is 0 Å². The van der Waals surface area contributed by atoms with Crippen LogP contribution in [-0.4, -0.2) is 74.8 Å². The lowest BCUT2D eigenvalue weighted by Gasteiger charge is -2.34. The van der Waals surface area contributed by atoms with E-state index in [1.54, 1.807) is 0 Å². The predicted octanol–water partition coefficient (Wildman–Crippen LogP) is 3.75. The standard InChI is InChI=1S/C22H33ClN4O.HI/c1-24-21(27-10-7-20(16-27)26-11-13-28-14-12-26)25-17-22(8-2-3-9-22)18-5-4-6-19(23)15-18;/h4-6,15,20H,2-3,7-14,16-17H2,1H3,(H,24,25);1H. The van der Waals surface area contributed by atoms with Crippen molar-refractivity contribution in [1.29, 1.82) is 0 Å². The van der Waals surface area contributed by atoms with E-state index in [0.717, 1.165) is 56.9 Å². The van der Waals surface area contributed by atoms with Crippen molar-refractivity contribution in [2.45, 2.75) is 43.6 Å². The Balaban J connectivity index is 0.00000240. The van der Waals surface area contributed by atoms with Crippen molar-refractivity contribution >= 4 is 41.5 Å². The number of rotatable bonds is 4. The molecule has 1 N–H and O–H groups in total. The van der Waals surface area contributed by atoms with Gasteiger partial charge in [-0.1, -0.05) is 36.6 Å². The van der Waals surface area contributed by atoms with Crippen molar-refractivity contribution in [1.82, 2.24) is 15.1 Å². The van der Waals surface area contributed by atoms with Crippen LogP contribution in [0.25, 0.3) is 0 Å². The van der Waals surface area contributed by atoms with Crippen LogP contribution >= 0.6 is 35.6 Å². The first-order chi connectivity index (χ1) is 13.7. The largest absolute Gasteiger partial charge is 0.379 e. The minimum atomic E-state index is 0. The Kier molecular flexibility index (Phi) is 8.48. The zero-order valence-corrected chi connectivity index (χ0v) is 20.5. The van der Waals surface area contributed by atoms with Gasteiger partial charge in [0.15, 0.2) is 5.96 Å². The van der Waals surface area contributed by atoms with Crippen LogP contribution < -0.4 is 5.32 Å². The van der Waals surface area contributed by atoms with E-state index in [-0.39, 0.29) is 29.4 Å². The molecule has 1 unspecified atom stereocenters. The third-order valence-corrected chi connectivity index (χ3v) is 7.05. The summed E-state index contributed by atoms with van der Waals surface area (Å²) in [5.41, 5.74) is 1.54. The molecule has 0 amide bonds. The predicted molar refractivity (Wildman–Crippen MR) is 131 cm³/mol. The molecule has 4 rings (SSSR count). The van der Waals surface area contributed by atoms with E-state index < -0.39 is 0 Å². The van der Waals surface area contributed by atoms with Gasteiger partial charge in [0.2, 0.25) is 0 Å². The summed E-state index contributed by atoms with van der Waals surface area (Å²) in [7, 11) is 1.91. The van der Waals surface area contributed by atoms with Crippen LogP contribution in [0, 0.1) is 0 Å². The highest BCUT2D eigenvalue weighted by Gasteiger charge is 2.37. The van der Waals surface area contributed by atoms with Gasteiger partial charge in [0.1, 0.15) is 0 Å². The van der Waals surface area contributed by atoms with Crippen LogP contribution in [0.5, 0.6) is 0 Å². The van der Waals surface area contributed by atoms with Crippen molar-refractivity contribution in [2.24, 2.45) is 4.99 Å². The van der Waals surface area contributed by atoms with Crippen LogP contribution in [0.1, 0.15) is 37.7 Å². The maximum atomic E-state index is 6.30. The molecular formula is C22H34ClIN4O. The number of aliphatic imine (C=N–C) groups is 1. The average molecular weight is 533 g/mol. The zero-order valence-electron chi connectivity index (χ0n) is 17.4. The summed E-state index contributed by atoms with van der Waals surface area (Å²) in [5, 5.41) is 4.56. The summed E-state index contributed by atoms with van der Waals surface area (Å²) in [6.45, 7) is 6.91. The average Bonchev–Trinajstić information content (AvgIpc) is 3.40. The van der Waals surface area contributed by atoms with Gasteiger partial charge in [-0.3, -0.25) is 9.89 Å². The molecule has 1 aromatic rings. The zero-order chi connectivity index (χ0) is 19.4. The number of nitrogens with zero attached hydrogens (tertiary/aromatic N) is 3. The molecule has 1 saturated carbocycles.